The standard InChI is InChI=1S/C18H14F2N4/c1-17(19,20)15-8-23-16-9-22-14(10-24(15)16)12-2-4-13(5-3-12)18(11-21)6-7-18/h2-5,8-10H,6-7H2,1H3. The topological polar surface area (TPSA) is 54.0 Å². The normalized spacial score (nSPS) is 16.1. The monoisotopic (exact) mass is 324 g/mol. The van der Waals surface area contributed by atoms with Gasteiger partial charge in [0, 0.05) is 18.7 Å². The van der Waals surface area contributed by atoms with Crippen molar-refractivity contribution in [3.63, 3.8) is 0 Å². The first-order valence-electron chi connectivity index (χ1n) is 7.67. The third-order valence-corrected chi connectivity index (χ3v) is 4.54. The molecule has 0 spiro atoms. The zero-order valence-corrected chi connectivity index (χ0v) is 13.0. The Hall–Kier alpha value is -2.81. The second kappa shape index (κ2) is 4.84. The molecule has 0 aliphatic heterocycles. The molecule has 1 aliphatic carbocycles. The third-order valence-electron chi connectivity index (χ3n) is 4.54. The van der Waals surface area contributed by atoms with E-state index in [1.807, 2.05) is 24.3 Å². The highest BCUT2D eigenvalue weighted by atomic mass is 19.3. The summed E-state index contributed by atoms with van der Waals surface area (Å²) >= 11 is 0. The highest BCUT2D eigenvalue weighted by Gasteiger charge is 2.44. The molecule has 0 atom stereocenters. The van der Waals surface area contributed by atoms with E-state index in [-0.39, 0.29) is 11.1 Å². The maximum atomic E-state index is 13.7. The van der Waals surface area contributed by atoms with E-state index in [1.54, 1.807) is 6.20 Å². The second-order valence-electron chi connectivity index (χ2n) is 6.30. The van der Waals surface area contributed by atoms with Crippen LogP contribution in [0.25, 0.3) is 16.9 Å². The van der Waals surface area contributed by atoms with Gasteiger partial charge in [0.25, 0.3) is 5.92 Å². The van der Waals surface area contributed by atoms with Crippen molar-refractivity contribution in [3.8, 4) is 17.3 Å². The molecular weight excluding hydrogens is 310 g/mol. The fraction of sp³-hybridized carbons (Fsp3) is 0.278. The molecule has 0 N–H and O–H groups in total. The van der Waals surface area contributed by atoms with Gasteiger partial charge in [-0.05, 0) is 18.4 Å². The van der Waals surface area contributed by atoms with Crippen molar-refractivity contribution in [2.45, 2.75) is 31.1 Å². The highest BCUT2D eigenvalue weighted by molar-refractivity contribution is 5.61. The van der Waals surface area contributed by atoms with Crippen molar-refractivity contribution in [1.29, 1.82) is 5.26 Å². The van der Waals surface area contributed by atoms with E-state index in [4.69, 9.17) is 0 Å². The average Bonchev–Trinajstić information content (AvgIpc) is 3.25. The maximum absolute atomic E-state index is 13.7. The minimum atomic E-state index is -2.98. The molecule has 1 aliphatic rings. The molecule has 0 unspecified atom stereocenters. The molecule has 1 aromatic carbocycles. The molecule has 24 heavy (non-hydrogen) atoms. The number of hydrogen-bond donors (Lipinski definition) is 0. The van der Waals surface area contributed by atoms with Crippen molar-refractivity contribution < 1.29 is 8.78 Å². The van der Waals surface area contributed by atoms with E-state index in [1.165, 1.54) is 16.8 Å². The predicted octanol–water partition coefficient (Wildman–Crippen LogP) is 4.06. The smallest absolute Gasteiger partial charge is 0.286 e. The zero-order valence-electron chi connectivity index (χ0n) is 13.0. The van der Waals surface area contributed by atoms with Crippen molar-refractivity contribution in [1.82, 2.24) is 14.4 Å². The van der Waals surface area contributed by atoms with Gasteiger partial charge in [-0.3, -0.25) is 9.38 Å². The molecule has 0 radical (unpaired) electrons. The third kappa shape index (κ3) is 2.24. The Labute approximate surface area is 137 Å². The average molecular weight is 324 g/mol. The molecule has 3 aromatic rings. The van der Waals surface area contributed by atoms with Crippen LogP contribution in [0, 0.1) is 11.3 Å². The van der Waals surface area contributed by atoms with Crippen LogP contribution in [0.5, 0.6) is 0 Å². The van der Waals surface area contributed by atoms with Crippen LogP contribution in [0.3, 0.4) is 0 Å². The van der Waals surface area contributed by atoms with Gasteiger partial charge in [0.2, 0.25) is 0 Å². The van der Waals surface area contributed by atoms with Crippen LogP contribution in [-0.2, 0) is 11.3 Å². The summed E-state index contributed by atoms with van der Waals surface area (Å²) in [5, 5.41) is 9.25. The van der Waals surface area contributed by atoms with Gasteiger partial charge in [-0.25, -0.2) is 4.98 Å². The minimum absolute atomic E-state index is 0.167. The summed E-state index contributed by atoms with van der Waals surface area (Å²) in [7, 11) is 0. The second-order valence-corrected chi connectivity index (χ2v) is 6.30. The number of imidazole rings is 1. The Bertz CT molecular complexity index is 957. The lowest BCUT2D eigenvalue weighted by molar-refractivity contribution is 0.0119. The van der Waals surface area contributed by atoms with E-state index in [0.717, 1.165) is 30.9 Å². The van der Waals surface area contributed by atoms with E-state index < -0.39 is 5.92 Å². The number of rotatable bonds is 3. The number of alkyl halides is 2. The van der Waals surface area contributed by atoms with Crippen molar-refractivity contribution in [2.24, 2.45) is 0 Å². The molecule has 0 saturated heterocycles. The Balaban J connectivity index is 1.75. The van der Waals surface area contributed by atoms with Gasteiger partial charge in [-0.1, -0.05) is 24.3 Å². The van der Waals surface area contributed by atoms with Crippen LogP contribution >= 0.6 is 0 Å². The Morgan fingerprint density at radius 2 is 1.88 bits per heavy atom. The molecule has 1 fully saturated rings. The van der Waals surface area contributed by atoms with Gasteiger partial charge in [0.05, 0.1) is 29.6 Å². The molecule has 0 amide bonds. The van der Waals surface area contributed by atoms with Crippen LogP contribution in [-0.4, -0.2) is 14.4 Å². The first-order valence-corrected chi connectivity index (χ1v) is 7.67. The van der Waals surface area contributed by atoms with E-state index in [9.17, 15) is 14.0 Å². The molecule has 4 nitrogen and oxygen atoms in total. The van der Waals surface area contributed by atoms with Gasteiger partial charge in [-0.2, -0.15) is 14.0 Å². The van der Waals surface area contributed by atoms with Gasteiger partial charge < -0.3 is 0 Å². The van der Waals surface area contributed by atoms with Gasteiger partial charge in [-0.15, -0.1) is 0 Å². The number of nitriles is 1. The highest BCUT2D eigenvalue weighted by Crippen LogP contribution is 2.47. The predicted molar refractivity (Wildman–Crippen MR) is 84.5 cm³/mol. The first-order chi connectivity index (χ1) is 11.4. The number of fused-ring (bicyclic) bond motifs is 1. The lowest BCUT2D eigenvalue weighted by atomic mass is 9.96. The van der Waals surface area contributed by atoms with Crippen molar-refractivity contribution >= 4 is 5.65 Å². The molecule has 120 valence electrons. The Kier molecular flexibility index (Phi) is 2.98. The molecule has 4 rings (SSSR count). The van der Waals surface area contributed by atoms with E-state index >= 15 is 0 Å². The lowest BCUT2D eigenvalue weighted by Crippen LogP contribution is -2.10. The fourth-order valence-corrected chi connectivity index (χ4v) is 2.91. The lowest BCUT2D eigenvalue weighted by Gasteiger charge is -2.11. The first kappa shape index (κ1) is 14.8. The van der Waals surface area contributed by atoms with Gasteiger partial charge >= 0.3 is 0 Å². The minimum Gasteiger partial charge on any atom is -0.295 e. The Morgan fingerprint density at radius 1 is 1.17 bits per heavy atom. The number of halogens is 2. The largest absolute Gasteiger partial charge is 0.295 e. The van der Waals surface area contributed by atoms with Gasteiger partial charge in [0.15, 0.2) is 5.65 Å². The Morgan fingerprint density at radius 3 is 2.46 bits per heavy atom. The van der Waals surface area contributed by atoms with Gasteiger partial charge in [0.1, 0.15) is 5.69 Å². The summed E-state index contributed by atoms with van der Waals surface area (Å²) in [5.74, 6) is -2.98. The summed E-state index contributed by atoms with van der Waals surface area (Å²) in [6.45, 7) is 0.850. The number of hydrogen-bond acceptors (Lipinski definition) is 3. The SMILES string of the molecule is CC(F)(F)c1cnc2cnc(-c3ccc(C4(C#N)CC4)cc3)cn12. The van der Waals surface area contributed by atoms with Crippen LogP contribution in [0.4, 0.5) is 8.78 Å². The summed E-state index contributed by atoms with van der Waals surface area (Å²) in [5.41, 5.74) is 2.27. The number of aromatic nitrogens is 3. The summed E-state index contributed by atoms with van der Waals surface area (Å²) < 4.78 is 28.7. The fourth-order valence-electron chi connectivity index (χ4n) is 2.91. The van der Waals surface area contributed by atoms with Crippen LogP contribution < -0.4 is 0 Å². The van der Waals surface area contributed by atoms with Crippen LogP contribution in [0.2, 0.25) is 0 Å². The number of nitrogens with zero attached hydrogens (tertiary/aromatic N) is 4. The molecular formula is C18H14F2N4. The molecule has 1 saturated carbocycles. The summed E-state index contributed by atoms with van der Waals surface area (Å²) in [4.78, 5) is 8.28. The quantitative estimate of drug-likeness (QED) is 0.730. The van der Waals surface area contributed by atoms with E-state index in [2.05, 4.69) is 16.0 Å². The van der Waals surface area contributed by atoms with Crippen molar-refractivity contribution in [3.05, 3.63) is 54.1 Å². The number of benzene rings is 1. The van der Waals surface area contributed by atoms with Crippen LogP contribution in [0.1, 0.15) is 31.0 Å². The maximum Gasteiger partial charge on any atom is 0.286 e. The summed E-state index contributed by atoms with van der Waals surface area (Å²) in [6, 6.07) is 9.95. The molecule has 6 heteroatoms. The molecule has 0 bridgehead atoms. The zero-order chi connectivity index (χ0) is 16.9. The van der Waals surface area contributed by atoms with E-state index in [0.29, 0.717) is 11.3 Å². The van der Waals surface area contributed by atoms with Crippen molar-refractivity contribution in [2.75, 3.05) is 0 Å². The molecule has 2 heterocycles. The molecule has 2 aromatic heterocycles. The summed E-state index contributed by atoms with van der Waals surface area (Å²) in [6.07, 6.45) is 6.00. The van der Waals surface area contributed by atoms with Crippen LogP contribution in [0.15, 0.2) is 42.9 Å².